The Morgan fingerprint density at radius 1 is 1.11 bits per heavy atom. The van der Waals surface area contributed by atoms with E-state index in [4.69, 9.17) is 34.8 Å². The largest absolute Gasteiger partial charge is 0.388 e. The molecule has 0 radical (unpaired) electrons. The minimum atomic E-state index is -0.689. The lowest BCUT2D eigenvalue weighted by Gasteiger charge is -2.13. The molecule has 0 amide bonds. The Morgan fingerprint density at radius 2 is 1.84 bits per heavy atom. The highest BCUT2D eigenvalue weighted by Gasteiger charge is 2.13. The molecule has 0 aliphatic rings. The molecule has 0 aliphatic heterocycles. The highest BCUT2D eigenvalue weighted by molar-refractivity contribution is 9.10. The second-order valence-electron chi connectivity index (χ2n) is 4.14. The van der Waals surface area contributed by atoms with Gasteiger partial charge in [-0.05, 0) is 35.4 Å². The van der Waals surface area contributed by atoms with E-state index in [0.29, 0.717) is 21.5 Å². The summed E-state index contributed by atoms with van der Waals surface area (Å²) in [7, 11) is 0. The Morgan fingerprint density at radius 3 is 2.53 bits per heavy atom. The van der Waals surface area contributed by atoms with Crippen LogP contribution in [0.15, 0.2) is 40.9 Å². The van der Waals surface area contributed by atoms with Crippen molar-refractivity contribution in [3.63, 3.8) is 0 Å². The van der Waals surface area contributed by atoms with Gasteiger partial charge >= 0.3 is 0 Å². The van der Waals surface area contributed by atoms with Crippen LogP contribution in [0.4, 0.5) is 0 Å². The molecule has 0 saturated carbocycles. The van der Waals surface area contributed by atoms with E-state index in [1.165, 1.54) is 0 Å². The van der Waals surface area contributed by atoms with Crippen LogP contribution in [0.3, 0.4) is 0 Å². The summed E-state index contributed by atoms with van der Waals surface area (Å²) in [4.78, 5) is 0. The van der Waals surface area contributed by atoms with Crippen LogP contribution in [0.5, 0.6) is 0 Å². The van der Waals surface area contributed by atoms with Crippen LogP contribution in [0.2, 0.25) is 15.1 Å². The summed E-state index contributed by atoms with van der Waals surface area (Å²) in [6.45, 7) is 0. The lowest BCUT2D eigenvalue weighted by atomic mass is 10.0. The van der Waals surface area contributed by atoms with Crippen LogP contribution in [0, 0.1) is 0 Å². The van der Waals surface area contributed by atoms with Gasteiger partial charge in [0.1, 0.15) is 0 Å². The summed E-state index contributed by atoms with van der Waals surface area (Å²) in [5.41, 5.74) is 1.54. The maximum Gasteiger partial charge on any atom is 0.0831 e. The van der Waals surface area contributed by atoms with E-state index in [0.717, 1.165) is 15.6 Å². The molecule has 1 unspecified atom stereocenters. The Kier molecular flexibility index (Phi) is 5.15. The van der Waals surface area contributed by atoms with E-state index in [9.17, 15) is 5.11 Å². The quantitative estimate of drug-likeness (QED) is 0.726. The average Bonchev–Trinajstić information content (AvgIpc) is 2.33. The molecule has 2 aromatic rings. The van der Waals surface area contributed by atoms with Gasteiger partial charge in [-0.2, -0.15) is 0 Å². The summed E-state index contributed by atoms with van der Waals surface area (Å²) >= 11 is 21.4. The fourth-order valence-corrected chi connectivity index (χ4v) is 3.08. The van der Waals surface area contributed by atoms with Crippen LogP contribution in [-0.4, -0.2) is 5.11 Å². The lowest BCUT2D eigenvalue weighted by molar-refractivity contribution is 0.178. The molecule has 1 atom stereocenters. The maximum absolute atomic E-state index is 10.3. The zero-order chi connectivity index (χ0) is 14.0. The summed E-state index contributed by atoms with van der Waals surface area (Å²) in [6, 6.07) is 10.7. The molecule has 0 spiro atoms. The van der Waals surface area contributed by atoms with Crippen molar-refractivity contribution in [2.24, 2.45) is 0 Å². The van der Waals surface area contributed by atoms with Crippen LogP contribution in [0.1, 0.15) is 17.2 Å². The van der Waals surface area contributed by atoms with Gasteiger partial charge in [-0.25, -0.2) is 0 Å². The van der Waals surface area contributed by atoms with Crippen molar-refractivity contribution in [3.05, 3.63) is 67.1 Å². The van der Waals surface area contributed by atoms with Gasteiger partial charge in [0.05, 0.1) is 16.1 Å². The van der Waals surface area contributed by atoms with Crippen molar-refractivity contribution >= 4 is 50.7 Å². The first kappa shape index (κ1) is 15.1. The van der Waals surface area contributed by atoms with Crippen molar-refractivity contribution in [2.75, 3.05) is 0 Å². The first-order valence-electron chi connectivity index (χ1n) is 5.54. The topological polar surface area (TPSA) is 20.2 Å². The van der Waals surface area contributed by atoms with E-state index < -0.39 is 6.10 Å². The van der Waals surface area contributed by atoms with Crippen LogP contribution < -0.4 is 0 Å². The zero-order valence-corrected chi connectivity index (χ0v) is 13.6. The molecule has 1 N–H and O–H groups in total. The highest BCUT2D eigenvalue weighted by atomic mass is 79.9. The highest BCUT2D eigenvalue weighted by Crippen LogP contribution is 2.31. The summed E-state index contributed by atoms with van der Waals surface area (Å²) < 4.78 is 0.825. The molecular weight excluding hydrogens is 370 g/mol. The molecule has 0 saturated heterocycles. The smallest absolute Gasteiger partial charge is 0.0831 e. The molecular formula is C14H10BrCl3O. The third kappa shape index (κ3) is 3.87. The van der Waals surface area contributed by atoms with E-state index in [2.05, 4.69) is 15.9 Å². The minimum absolute atomic E-state index is 0.381. The van der Waals surface area contributed by atoms with Gasteiger partial charge in [0.25, 0.3) is 0 Å². The molecule has 19 heavy (non-hydrogen) atoms. The Labute approximate surface area is 135 Å². The van der Waals surface area contributed by atoms with Gasteiger partial charge in [-0.15, -0.1) is 0 Å². The minimum Gasteiger partial charge on any atom is -0.388 e. The number of aliphatic hydroxyl groups excluding tert-OH is 1. The second kappa shape index (κ2) is 6.47. The Bertz CT molecular complexity index is 581. The third-order valence-electron chi connectivity index (χ3n) is 2.71. The summed E-state index contributed by atoms with van der Waals surface area (Å²) in [6.07, 6.45) is -0.308. The fraction of sp³-hybridized carbons (Fsp3) is 0.143. The predicted octanol–water partition coefficient (Wildman–Crippen LogP) is 5.69. The number of hydrogen-bond donors (Lipinski definition) is 1. The third-order valence-corrected chi connectivity index (χ3v) is 4.25. The zero-order valence-electron chi connectivity index (χ0n) is 9.71. The lowest BCUT2D eigenvalue weighted by Crippen LogP contribution is -2.02. The number of hydrogen-bond acceptors (Lipinski definition) is 1. The molecule has 2 rings (SSSR count). The first-order valence-corrected chi connectivity index (χ1v) is 7.47. The Balaban J connectivity index is 2.25. The van der Waals surface area contributed by atoms with Crippen molar-refractivity contribution in [1.82, 2.24) is 0 Å². The molecule has 5 heteroatoms. The number of rotatable bonds is 3. The molecule has 1 nitrogen and oxygen atoms in total. The van der Waals surface area contributed by atoms with Gasteiger partial charge in [-0.3, -0.25) is 0 Å². The molecule has 0 fully saturated rings. The van der Waals surface area contributed by atoms with Gasteiger partial charge < -0.3 is 5.11 Å². The maximum atomic E-state index is 10.3. The molecule has 0 heterocycles. The van der Waals surface area contributed by atoms with Crippen molar-refractivity contribution in [2.45, 2.75) is 12.5 Å². The number of halogens is 4. The molecule has 100 valence electrons. The van der Waals surface area contributed by atoms with Crippen molar-refractivity contribution in [1.29, 1.82) is 0 Å². The Hall–Kier alpha value is -0.250. The van der Waals surface area contributed by atoms with Gasteiger partial charge in [-0.1, -0.05) is 62.9 Å². The summed E-state index contributed by atoms with van der Waals surface area (Å²) in [5, 5.41) is 11.8. The van der Waals surface area contributed by atoms with Gasteiger partial charge in [0.2, 0.25) is 0 Å². The van der Waals surface area contributed by atoms with Crippen molar-refractivity contribution in [3.8, 4) is 0 Å². The van der Waals surface area contributed by atoms with Crippen LogP contribution >= 0.6 is 50.7 Å². The fourth-order valence-electron chi connectivity index (χ4n) is 1.80. The monoisotopic (exact) mass is 378 g/mol. The molecule has 2 aromatic carbocycles. The SMILES string of the molecule is OC(Cc1cccc(Cl)c1Cl)c1cc(Cl)cc(Br)c1. The van der Waals surface area contributed by atoms with Gasteiger partial charge in [0, 0.05) is 15.9 Å². The molecule has 0 aromatic heterocycles. The predicted molar refractivity (Wildman–Crippen MR) is 84.3 cm³/mol. The standard InChI is InChI=1S/C14H10BrCl3O/c15-10-4-9(5-11(16)7-10)13(19)6-8-2-1-3-12(17)14(8)18/h1-5,7,13,19H,6H2. The number of aliphatic hydroxyl groups is 1. The van der Waals surface area contributed by atoms with E-state index in [1.54, 1.807) is 18.2 Å². The summed E-state index contributed by atoms with van der Waals surface area (Å²) in [5.74, 6) is 0. The van der Waals surface area contributed by atoms with Crippen LogP contribution in [-0.2, 0) is 6.42 Å². The van der Waals surface area contributed by atoms with E-state index in [1.807, 2.05) is 18.2 Å². The average molecular weight is 380 g/mol. The van der Waals surface area contributed by atoms with E-state index >= 15 is 0 Å². The molecule has 0 aliphatic carbocycles. The molecule has 0 bridgehead atoms. The first-order chi connectivity index (χ1) is 8.97. The second-order valence-corrected chi connectivity index (χ2v) is 6.27. The number of benzene rings is 2. The van der Waals surface area contributed by atoms with Crippen molar-refractivity contribution < 1.29 is 5.11 Å². The van der Waals surface area contributed by atoms with Gasteiger partial charge in [0.15, 0.2) is 0 Å². The normalized spacial score (nSPS) is 12.5. The van der Waals surface area contributed by atoms with E-state index in [-0.39, 0.29) is 0 Å². The van der Waals surface area contributed by atoms with Crippen LogP contribution in [0.25, 0.3) is 0 Å².